The molecule has 1 fully saturated rings. The molecule has 0 amide bonds. The quantitative estimate of drug-likeness (QED) is 0.840. The van der Waals surface area contributed by atoms with Crippen LogP contribution in [-0.2, 0) is 12.8 Å². The van der Waals surface area contributed by atoms with Gasteiger partial charge >= 0.3 is 0 Å². The van der Waals surface area contributed by atoms with Crippen molar-refractivity contribution in [1.82, 2.24) is 20.4 Å². The van der Waals surface area contributed by atoms with Crippen LogP contribution in [0.3, 0.4) is 0 Å². The summed E-state index contributed by atoms with van der Waals surface area (Å²) in [7, 11) is 2.10. The van der Waals surface area contributed by atoms with E-state index in [0.717, 1.165) is 57.1 Å². The fourth-order valence-electron chi connectivity index (χ4n) is 2.82. The normalized spacial score (nSPS) is 18.7. The Morgan fingerprint density at radius 3 is 2.88 bits per heavy atom. The maximum atomic E-state index is 5.60. The van der Waals surface area contributed by atoms with Gasteiger partial charge in [-0.25, -0.2) is 0 Å². The van der Waals surface area contributed by atoms with E-state index in [1.165, 1.54) is 5.56 Å². The van der Waals surface area contributed by atoms with E-state index in [1.54, 1.807) is 0 Å². The number of nitrogens with one attached hydrogen (secondary N) is 1. The lowest BCUT2D eigenvalue weighted by molar-refractivity contribution is 0.190. The van der Waals surface area contributed by atoms with Gasteiger partial charge in [0.15, 0.2) is 5.82 Å². The number of hydrogen-bond donors (Lipinski definition) is 1. The van der Waals surface area contributed by atoms with Crippen LogP contribution in [0.25, 0.3) is 0 Å². The summed E-state index contributed by atoms with van der Waals surface area (Å²) in [4.78, 5) is 6.84. The van der Waals surface area contributed by atoms with Crippen molar-refractivity contribution in [3.8, 4) is 5.75 Å². The molecule has 1 saturated heterocycles. The van der Waals surface area contributed by atoms with E-state index in [-0.39, 0.29) is 6.04 Å². The Morgan fingerprint density at radius 1 is 1.29 bits per heavy atom. The van der Waals surface area contributed by atoms with Crippen LogP contribution in [0.5, 0.6) is 5.75 Å². The first-order valence-corrected chi connectivity index (χ1v) is 8.71. The largest absolute Gasteiger partial charge is 0.494 e. The predicted molar refractivity (Wildman–Crippen MR) is 92.2 cm³/mol. The molecule has 6 nitrogen and oxygen atoms in total. The van der Waals surface area contributed by atoms with Crippen molar-refractivity contribution in [2.24, 2.45) is 0 Å². The zero-order valence-electron chi connectivity index (χ0n) is 14.5. The van der Waals surface area contributed by atoms with Crippen molar-refractivity contribution >= 4 is 0 Å². The Balaban J connectivity index is 1.53. The SMILES string of the molecule is CCCOc1ccc(CCc2nc(C3CNCCN3C)no2)cc1. The lowest BCUT2D eigenvalue weighted by Crippen LogP contribution is -2.44. The van der Waals surface area contributed by atoms with Crippen molar-refractivity contribution in [3.05, 3.63) is 41.5 Å². The van der Waals surface area contributed by atoms with Crippen LogP contribution in [0, 0.1) is 0 Å². The van der Waals surface area contributed by atoms with Crippen molar-refractivity contribution in [2.45, 2.75) is 32.2 Å². The van der Waals surface area contributed by atoms with E-state index in [1.807, 2.05) is 12.1 Å². The molecule has 0 radical (unpaired) electrons. The smallest absolute Gasteiger partial charge is 0.227 e. The summed E-state index contributed by atoms with van der Waals surface area (Å²) in [6.07, 6.45) is 2.66. The van der Waals surface area contributed by atoms with Gasteiger partial charge in [0.1, 0.15) is 5.75 Å². The minimum absolute atomic E-state index is 0.200. The average Bonchev–Trinajstić information content (AvgIpc) is 3.08. The van der Waals surface area contributed by atoms with Crippen molar-refractivity contribution in [3.63, 3.8) is 0 Å². The number of aryl methyl sites for hydroxylation is 2. The van der Waals surface area contributed by atoms with Crippen LogP contribution in [0.15, 0.2) is 28.8 Å². The summed E-state index contributed by atoms with van der Waals surface area (Å²) in [5, 5.41) is 7.54. The Kier molecular flexibility index (Phi) is 5.82. The fourth-order valence-corrected chi connectivity index (χ4v) is 2.82. The minimum atomic E-state index is 0.200. The van der Waals surface area contributed by atoms with E-state index in [0.29, 0.717) is 5.89 Å². The van der Waals surface area contributed by atoms with Gasteiger partial charge < -0.3 is 14.6 Å². The fraction of sp³-hybridized carbons (Fsp3) is 0.556. The van der Waals surface area contributed by atoms with Gasteiger partial charge in [-0.15, -0.1) is 0 Å². The molecule has 6 heteroatoms. The minimum Gasteiger partial charge on any atom is -0.494 e. The number of piperazine rings is 1. The van der Waals surface area contributed by atoms with Gasteiger partial charge in [0.25, 0.3) is 0 Å². The molecular weight excluding hydrogens is 304 g/mol. The molecule has 2 aromatic rings. The van der Waals surface area contributed by atoms with Gasteiger partial charge in [0.2, 0.25) is 5.89 Å². The lowest BCUT2D eigenvalue weighted by atomic mass is 10.1. The first kappa shape index (κ1) is 16.9. The molecule has 24 heavy (non-hydrogen) atoms. The number of ether oxygens (including phenoxy) is 1. The third-order valence-corrected chi connectivity index (χ3v) is 4.32. The predicted octanol–water partition coefficient (Wildman–Crippen LogP) is 2.22. The van der Waals surface area contributed by atoms with E-state index in [2.05, 4.69) is 46.5 Å². The van der Waals surface area contributed by atoms with Crippen molar-refractivity contribution < 1.29 is 9.26 Å². The Bertz CT molecular complexity index is 626. The molecule has 1 unspecified atom stereocenters. The summed E-state index contributed by atoms with van der Waals surface area (Å²) < 4.78 is 11.0. The highest BCUT2D eigenvalue weighted by Crippen LogP contribution is 2.18. The molecule has 0 saturated carbocycles. The highest BCUT2D eigenvalue weighted by molar-refractivity contribution is 5.27. The zero-order chi connectivity index (χ0) is 16.8. The Hall–Kier alpha value is -1.92. The second-order valence-electron chi connectivity index (χ2n) is 6.24. The molecular formula is C18H26N4O2. The van der Waals surface area contributed by atoms with Gasteiger partial charge in [-0.1, -0.05) is 24.2 Å². The summed E-state index contributed by atoms with van der Waals surface area (Å²) >= 11 is 0. The maximum absolute atomic E-state index is 5.60. The van der Waals surface area contributed by atoms with Crippen molar-refractivity contribution in [2.75, 3.05) is 33.3 Å². The van der Waals surface area contributed by atoms with Gasteiger partial charge in [-0.05, 0) is 37.6 Å². The lowest BCUT2D eigenvalue weighted by Gasteiger charge is -2.30. The summed E-state index contributed by atoms with van der Waals surface area (Å²) in [6, 6.07) is 8.44. The van der Waals surface area contributed by atoms with E-state index < -0.39 is 0 Å². The molecule has 0 spiro atoms. The van der Waals surface area contributed by atoms with E-state index in [4.69, 9.17) is 9.26 Å². The highest BCUT2D eigenvalue weighted by Gasteiger charge is 2.25. The first-order valence-electron chi connectivity index (χ1n) is 8.71. The van der Waals surface area contributed by atoms with Gasteiger partial charge in [-0.3, -0.25) is 4.90 Å². The standard InChI is InChI=1S/C18H26N4O2/c1-3-12-23-15-7-4-14(5-8-15)6-9-17-20-18(21-24-17)16-13-19-10-11-22(16)2/h4-5,7-8,16,19H,3,6,9-13H2,1-2H3. The van der Waals surface area contributed by atoms with Gasteiger partial charge in [0, 0.05) is 26.1 Å². The number of benzene rings is 1. The molecule has 1 aromatic carbocycles. The monoisotopic (exact) mass is 330 g/mol. The topological polar surface area (TPSA) is 63.4 Å². The Morgan fingerprint density at radius 2 is 2.12 bits per heavy atom. The zero-order valence-corrected chi connectivity index (χ0v) is 14.5. The second-order valence-corrected chi connectivity index (χ2v) is 6.24. The molecule has 130 valence electrons. The third kappa shape index (κ3) is 4.33. The average molecular weight is 330 g/mol. The first-order chi connectivity index (χ1) is 11.8. The molecule has 1 aliphatic heterocycles. The number of aromatic nitrogens is 2. The molecule has 2 heterocycles. The number of likely N-dealkylation sites (N-methyl/N-ethyl adjacent to an activating group) is 1. The van der Waals surface area contributed by atoms with Crippen LogP contribution in [0.2, 0.25) is 0 Å². The van der Waals surface area contributed by atoms with Crippen LogP contribution < -0.4 is 10.1 Å². The molecule has 1 aliphatic rings. The summed E-state index contributed by atoms with van der Waals surface area (Å²) in [5.41, 5.74) is 1.25. The third-order valence-electron chi connectivity index (χ3n) is 4.32. The van der Waals surface area contributed by atoms with E-state index in [9.17, 15) is 0 Å². The Labute approximate surface area is 143 Å². The molecule has 3 rings (SSSR count). The van der Waals surface area contributed by atoms with Crippen LogP contribution in [0.1, 0.15) is 36.7 Å². The second kappa shape index (κ2) is 8.26. The van der Waals surface area contributed by atoms with Gasteiger partial charge in [0.05, 0.1) is 12.6 Å². The molecule has 0 aliphatic carbocycles. The maximum Gasteiger partial charge on any atom is 0.227 e. The number of rotatable bonds is 7. The highest BCUT2D eigenvalue weighted by atomic mass is 16.5. The molecule has 0 bridgehead atoms. The van der Waals surface area contributed by atoms with Gasteiger partial charge in [-0.2, -0.15) is 4.98 Å². The number of nitrogens with zero attached hydrogens (tertiary/aromatic N) is 3. The molecule has 1 aromatic heterocycles. The van der Waals surface area contributed by atoms with Crippen LogP contribution >= 0.6 is 0 Å². The molecule has 1 N–H and O–H groups in total. The summed E-state index contributed by atoms with van der Waals surface area (Å²) in [5.74, 6) is 2.41. The van der Waals surface area contributed by atoms with E-state index >= 15 is 0 Å². The van der Waals surface area contributed by atoms with Crippen molar-refractivity contribution in [1.29, 1.82) is 0 Å². The molecule has 1 atom stereocenters. The van der Waals surface area contributed by atoms with Crippen LogP contribution in [-0.4, -0.2) is 48.3 Å². The van der Waals surface area contributed by atoms with Crippen LogP contribution in [0.4, 0.5) is 0 Å². The summed E-state index contributed by atoms with van der Waals surface area (Å²) in [6.45, 7) is 5.74. The number of hydrogen-bond acceptors (Lipinski definition) is 6.